The summed E-state index contributed by atoms with van der Waals surface area (Å²) >= 11 is 0. The number of hydrogen-bond acceptors (Lipinski definition) is 5. The van der Waals surface area contributed by atoms with Gasteiger partial charge >= 0.3 is 0 Å². The number of fused-ring (bicyclic) bond motifs is 1. The van der Waals surface area contributed by atoms with Gasteiger partial charge in [-0.1, -0.05) is 24.3 Å². The van der Waals surface area contributed by atoms with E-state index < -0.39 is 6.10 Å². The SMILES string of the molecule is COc1cccc2cc(C(=O)NC[C@H](O)c3ccc(N(C)C)cc3)oc12. The lowest BCUT2D eigenvalue weighted by molar-refractivity contribution is 0.0891. The molecule has 6 heteroatoms. The topological polar surface area (TPSA) is 74.9 Å². The molecule has 26 heavy (non-hydrogen) atoms. The lowest BCUT2D eigenvalue weighted by atomic mass is 10.1. The Kier molecular flexibility index (Phi) is 5.14. The van der Waals surface area contributed by atoms with Crippen molar-refractivity contribution in [2.24, 2.45) is 0 Å². The number of benzene rings is 2. The summed E-state index contributed by atoms with van der Waals surface area (Å²) in [7, 11) is 5.46. The number of aliphatic hydroxyl groups excluding tert-OH is 1. The van der Waals surface area contributed by atoms with Gasteiger partial charge in [0, 0.05) is 31.7 Å². The molecule has 0 aliphatic carbocycles. The fourth-order valence-electron chi connectivity index (χ4n) is 2.70. The third kappa shape index (κ3) is 3.65. The molecule has 2 aromatic carbocycles. The van der Waals surface area contributed by atoms with E-state index in [-0.39, 0.29) is 18.2 Å². The highest BCUT2D eigenvalue weighted by atomic mass is 16.5. The van der Waals surface area contributed by atoms with Crippen LogP contribution in [-0.2, 0) is 0 Å². The third-order valence-electron chi connectivity index (χ3n) is 4.20. The number of para-hydroxylation sites is 1. The van der Waals surface area contributed by atoms with Crippen LogP contribution in [0.4, 0.5) is 5.69 Å². The Balaban J connectivity index is 1.66. The number of carbonyl (C=O) groups excluding carboxylic acids is 1. The van der Waals surface area contributed by atoms with Gasteiger partial charge in [0.25, 0.3) is 5.91 Å². The Morgan fingerprint density at radius 1 is 1.23 bits per heavy atom. The molecule has 0 unspecified atom stereocenters. The first-order valence-corrected chi connectivity index (χ1v) is 8.29. The molecule has 0 bridgehead atoms. The van der Waals surface area contributed by atoms with Gasteiger partial charge in [-0.25, -0.2) is 0 Å². The van der Waals surface area contributed by atoms with E-state index in [2.05, 4.69) is 5.32 Å². The molecule has 2 N–H and O–H groups in total. The van der Waals surface area contributed by atoms with Crippen LogP contribution in [0, 0.1) is 0 Å². The number of hydrogen-bond donors (Lipinski definition) is 2. The number of furan rings is 1. The second-order valence-corrected chi connectivity index (χ2v) is 6.20. The highest BCUT2D eigenvalue weighted by Crippen LogP contribution is 2.28. The highest BCUT2D eigenvalue weighted by molar-refractivity contribution is 5.97. The van der Waals surface area contributed by atoms with Gasteiger partial charge in [0.15, 0.2) is 17.1 Å². The third-order valence-corrected chi connectivity index (χ3v) is 4.20. The van der Waals surface area contributed by atoms with Crippen molar-refractivity contribution >= 4 is 22.6 Å². The van der Waals surface area contributed by atoms with Gasteiger partial charge in [0.2, 0.25) is 0 Å². The van der Waals surface area contributed by atoms with Crippen molar-refractivity contribution < 1.29 is 19.1 Å². The summed E-state index contributed by atoms with van der Waals surface area (Å²) < 4.78 is 10.8. The molecule has 0 saturated carbocycles. The number of rotatable bonds is 6. The van der Waals surface area contributed by atoms with Crippen molar-refractivity contribution in [3.05, 3.63) is 59.9 Å². The zero-order valence-corrected chi connectivity index (χ0v) is 15.0. The molecular formula is C20H22N2O4. The highest BCUT2D eigenvalue weighted by Gasteiger charge is 2.16. The summed E-state index contributed by atoms with van der Waals surface area (Å²) in [4.78, 5) is 14.3. The van der Waals surface area contributed by atoms with Gasteiger partial charge in [-0.3, -0.25) is 4.79 Å². The summed E-state index contributed by atoms with van der Waals surface area (Å²) in [6.45, 7) is 0.0916. The van der Waals surface area contributed by atoms with Crippen molar-refractivity contribution in [1.82, 2.24) is 5.32 Å². The fourth-order valence-corrected chi connectivity index (χ4v) is 2.70. The number of amides is 1. The monoisotopic (exact) mass is 354 g/mol. The van der Waals surface area contributed by atoms with Gasteiger partial charge in [-0.05, 0) is 29.8 Å². The van der Waals surface area contributed by atoms with Crippen molar-refractivity contribution in [1.29, 1.82) is 0 Å². The predicted octanol–water partition coefficient (Wildman–Crippen LogP) is 2.97. The van der Waals surface area contributed by atoms with Gasteiger partial charge in [-0.2, -0.15) is 0 Å². The van der Waals surface area contributed by atoms with Gasteiger partial charge < -0.3 is 24.5 Å². The second kappa shape index (κ2) is 7.49. The number of nitrogens with zero attached hydrogens (tertiary/aromatic N) is 1. The fraction of sp³-hybridized carbons (Fsp3) is 0.250. The molecule has 136 valence electrons. The number of ether oxygens (including phenoxy) is 1. The molecule has 0 radical (unpaired) electrons. The zero-order valence-electron chi connectivity index (χ0n) is 15.0. The Bertz CT molecular complexity index is 900. The maximum Gasteiger partial charge on any atom is 0.287 e. The van der Waals surface area contributed by atoms with Crippen LogP contribution in [0.2, 0.25) is 0 Å². The minimum Gasteiger partial charge on any atom is -0.493 e. The largest absolute Gasteiger partial charge is 0.493 e. The first kappa shape index (κ1) is 17.8. The number of anilines is 1. The van der Waals surface area contributed by atoms with Gasteiger partial charge in [-0.15, -0.1) is 0 Å². The van der Waals surface area contributed by atoms with Crippen LogP contribution in [0.3, 0.4) is 0 Å². The Morgan fingerprint density at radius 2 is 1.96 bits per heavy atom. The molecule has 1 aromatic heterocycles. The normalized spacial score (nSPS) is 12.0. The Labute approximate surface area is 152 Å². The number of methoxy groups -OCH3 is 1. The molecular weight excluding hydrogens is 332 g/mol. The molecule has 0 aliphatic rings. The van der Waals surface area contributed by atoms with Crippen LogP contribution in [0.1, 0.15) is 22.2 Å². The molecule has 1 atom stereocenters. The van der Waals surface area contributed by atoms with Crippen LogP contribution < -0.4 is 15.0 Å². The minimum atomic E-state index is -0.797. The van der Waals surface area contributed by atoms with E-state index in [1.165, 1.54) is 0 Å². The Hall–Kier alpha value is -2.99. The molecule has 1 amide bonds. The van der Waals surface area contributed by atoms with E-state index in [1.54, 1.807) is 19.2 Å². The summed E-state index contributed by atoms with van der Waals surface area (Å²) in [5.74, 6) is 0.370. The first-order chi connectivity index (χ1) is 12.5. The number of carbonyl (C=O) groups is 1. The molecule has 0 fully saturated rings. The zero-order chi connectivity index (χ0) is 18.7. The van der Waals surface area contributed by atoms with E-state index in [4.69, 9.17) is 9.15 Å². The van der Waals surface area contributed by atoms with Gasteiger partial charge in [0.1, 0.15) is 0 Å². The second-order valence-electron chi connectivity index (χ2n) is 6.20. The van der Waals surface area contributed by atoms with E-state index >= 15 is 0 Å². The van der Waals surface area contributed by atoms with E-state index in [9.17, 15) is 9.90 Å². The average molecular weight is 354 g/mol. The van der Waals surface area contributed by atoms with E-state index in [1.807, 2.05) is 55.4 Å². The van der Waals surface area contributed by atoms with Gasteiger partial charge in [0.05, 0.1) is 13.2 Å². The lowest BCUT2D eigenvalue weighted by Crippen LogP contribution is -2.28. The molecule has 0 aliphatic heterocycles. The number of nitrogens with one attached hydrogen (secondary N) is 1. The predicted molar refractivity (Wildman–Crippen MR) is 101 cm³/mol. The van der Waals surface area contributed by atoms with E-state index in [0.29, 0.717) is 11.3 Å². The van der Waals surface area contributed by atoms with Crippen LogP contribution >= 0.6 is 0 Å². The minimum absolute atomic E-state index is 0.0916. The van der Waals surface area contributed by atoms with Crippen molar-refractivity contribution in [3.8, 4) is 5.75 Å². The van der Waals surface area contributed by atoms with Crippen molar-refractivity contribution in [2.45, 2.75) is 6.10 Å². The van der Waals surface area contributed by atoms with Crippen molar-refractivity contribution in [3.63, 3.8) is 0 Å². The average Bonchev–Trinajstić information content (AvgIpc) is 3.10. The molecule has 1 heterocycles. The summed E-state index contributed by atoms with van der Waals surface area (Å²) in [6.07, 6.45) is -0.797. The number of aliphatic hydroxyl groups is 1. The molecule has 0 saturated heterocycles. The van der Waals surface area contributed by atoms with Crippen LogP contribution in [0.25, 0.3) is 11.0 Å². The quantitative estimate of drug-likeness (QED) is 0.712. The maximum atomic E-state index is 12.3. The lowest BCUT2D eigenvalue weighted by Gasteiger charge is -2.15. The smallest absolute Gasteiger partial charge is 0.287 e. The van der Waals surface area contributed by atoms with Crippen molar-refractivity contribution in [2.75, 3.05) is 32.6 Å². The first-order valence-electron chi connectivity index (χ1n) is 8.29. The summed E-state index contributed by atoms with van der Waals surface area (Å²) in [5, 5.41) is 13.8. The molecule has 0 spiro atoms. The van der Waals surface area contributed by atoms with Crippen LogP contribution in [-0.4, -0.2) is 38.8 Å². The summed E-state index contributed by atoms with van der Waals surface area (Å²) in [5.41, 5.74) is 2.31. The standard InChI is InChI=1S/C20H22N2O4/c1-22(2)15-9-7-13(8-10-15)16(23)12-21-20(24)18-11-14-5-4-6-17(25-3)19(14)26-18/h4-11,16,23H,12H2,1-3H3,(H,21,24)/t16-/m0/s1. The molecule has 3 aromatic rings. The van der Waals surface area contributed by atoms with Crippen LogP contribution in [0.5, 0.6) is 5.75 Å². The molecule has 3 rings (SSSR count). The maximum absolute atomic E-state index is 12.3. The van der Waals surface area contributed by atoms with Crippen LogP contribution in [0.15, 0.2) is 52.9 Å². The molecule has 6 nitrogen and oxygen atoms in total. The summed E-state index contributed by atoms with van der Waals surface area (Å²) in [6, 6.07) is 14.6. The Morgan fingerprint density at radius 3 is 2.62 bits per heavy atom. The van der Waals surface area contributed by atoms with E-state index in [0.717, 1.165) is 16.6 Å².